The Morgan fingerprint density at radius 1 is 1.12 bits per heavy atom. The second-order valence-corrected chi connectivity index (χ2v) is 6.36. The molecule has 0 bridgehead atoms. The average molecular weight is 238 g/mol. The molecule has 0 aromatic heterocycles. The first-order chi connectivity index (χ1) is 8.25. The van der Waals surface area contributed by atoms with E-state index < -0.39 is 0 Å². The van der Waals surface area contributed by atoms with Crippen LogP contribution in [0.4, 0.5) is 0 Å². The molecule has 0 radical (unpaired) electrons. The predicted molar refractivity (Wildman–Crippen MR) is 74.3 cm³/mol. The number of likely N-dealkylation sites (tertiary alicyclic amines) is 1. The second-order valence-electron chi connectivity index (χ2n) is 6.36. The molecular weight excluding hydrogens is 208 g/mol. The van der Waals surface area contributed by atoms with Gasteiger partial charge in [0.1, 0.15) is 0 Å². The van der Waals surface area contributed by atoms with Gasteiger partial charge in [-0.3, -0.25) is 0 Å². The molecule has 2 fully saturated rings. The molecule has 2 saturated heterocycles. The van der Waals surface area contributed by atoms with Gasteiger partial charge in [-0.2, -0.15) is 0 Å². The Balaban J connectivity index is 1.67. The van der Waals surface area contributed by atoms with E-state index in [1.54, 1.807) is 0 Å². The maximum atomic E-state index is 3.61. The lowest BCUT2D eigenvalue weighted by Crippen LogP contribution is -2.31. The van der Waals surface area contributed by atoms with E-state index in [0.717, 1.165) is 17.9 Å². The Morgan fingerprint density at radius 2 is 2.00 bits per heavy atom. The largest absolute Gasteiger partial charge is 0.314 e. The second kappa shape index (κ2) is 6.75. The van der Waals surface area contributed by atoms with Crippen LogP contribution in [0.5, 0.6) is 0 Å². The molecule has 2 rings (SSSR count). The molecule has 0 aliphatic carbocycles. The normalized spacial score (nSPS) is 31.9. The van der Waals surface area contributed by atoms with Crippen molar-refractivity contribution in [2.45, 2.75) is 58.4 Å². The smallest absolute Gasteiger partial charge is 0.00797 e. The highest BCUT2D eigenvalue weighted by atomic mass is 15.1. The molecule has 0 saturated carbocycles. The van der Waals surface area contributed by atoms with Gasteiger partial charge in [0.05, 0.1) is 0 Å². The Bertz CT molecular complexity index is 209. The van der Waals surface area contributed by atoms with Gasteiger partial charge in [0.2, 0.25) is 0 Å². The quantitative estimate of drug-likeness (QED) is 0.810. The SMILES string of the molecule is CC(C)C1CCCN(CCC2CCCN2)CC1. The Hall–Kier alpha value is -0.0800. The number of hydrogen-bond donors (Lipinski definition) is 1. The van der Waals surface area contributed by atoms with Crippen molar-refractivity contribution in [2.24, 2.45) is 11.8 Å². The average Bonchev–Trinajstić information content (AvgIpc) is 2.70. The van der Waals surface area contributed by atoms with E-state index >= 15 is 0 Å². The van der Waals surface area contributed by atoms with E-state index in [2.05, 4.69) is 24.1 Å². The summed E-state index contributed by atoms with van der Waals surface area (Å²) in [4.78, 5) is 2.71. The molecule has 100 valence electrons. The first-order valence-corrected chi connectivity index (χ1v) is 7.71. The van der Waals surface area contributed by atoms with Crippen LogP contribution >= 0.6 is 0 Å². The van der Waals surface area contributed by atoms with Crippen molar-refractivity contribution in [3.05, 3.63) is 0 Å². The van der Waals surface area contributed by atoms with Crippen LogP contribution in [0.2, 0.25) is 0 Å². The number of nitrogens with zero attached hydrogens (tertiary/aromatic N) is 1. The molecular formula is C15H30N2. The van der Waals surface area contributed by atoms with Gasteiger partial charge >= 0.3 is 0 Å². The van der Waals surface area contributed by atoms with Gasteiger partial charge in [-0.25, -0.2) is 0 Å². The van der Waals surface area contributed by atoms with Crippen LogP contribution in [0.25, 0.3) is 0 Å². The highest BCUT2D eigenvalue weighted by molar-refractivity contribution is 4.77. The summed E-state index contributed by atoms with van der Waals surface area (Å²) in [5, 5.41) is 3.61. The third kappa shape index (κ3) is 4.26. The molecule has 1 N–H and O–H groups in total. The summed E-state index contributed by atoms with van der Waals surface area (Å²) in [5.41, 5.74) is 0. The third-order valence-electron chi connectivity index (χ3n) is 4.76. The summed E-state index contributed by atoms with van der Waals surface area (Å²) in [6.07, 6.45) is 8.46. The van der Waals surface area contributed by atoms with Crippen molar-refractivity contribution < 1.29 is 0 Å². The van der Waals surface area contributed by atoms with Crippen molar-refractivity contribution in [1.29, 1.82) is 0 Å². The summed E-state index contributed by atoms with van der Waals surface area (Å²) in [7, 11) is 0. The summed E-state index contributed by atoms with van der Waals surface area (Å²) in [6, 6.07) is 0.819. The topological polar surface area (TPSA) is 15.3 Å². The summed E-state index contributed by atoms with van der Waals surface area (Å²) in [5.74, 6) is 1.86. The molecule has 2 heteroatoms. The van der Waals surface area contributed by atoms with Gasteiger partial charge in [0.25, 0.3) is 0 Å². The molecule has 0 aromatic rings. The zero-order valence-electron chi connectivity index (χ0n) is 11.8. The van der Waals surface area contributed by atoms with Gasteiger partial charge in [-0.05, 0) is 76.5 Å². The molecule has 2 aliphatic rings. The highest BCUT2D eigenvalue weighted by Gasteiger charge is 2.20. The standard InChI is InChI=1S/C15H30N2/c1-13(2)14-5-4-10-17(11-7-14)12-8-15-6-3-9-16-15/h13-16H,3-12H2,1-2H3. The van der Waals surface area contributed by atoms with Gasteiger partial charge in [0, 0.05) is 6.04 Å². The molecule has 2 nitrogen and oxygen atoms in total. The molecule has 0 aromatic carbocycles. The highest BCUT2D eigenvalue weighted by Crippen LogP contribution is 2.24. The van der Waals surface area contributed by atoms with Crippen molar-refractivity contribution in [3.63, 3.8) is 0 Å². The fourth-order valence-electron chi connectivity index (χ4n) is 3.41. The van der Waals surface area contributed by atoms with Crippen molar-refractivity contribution >= 4 is 0 Å². The van der Waals surface area contributed by atoms with Gasteiger partial charge in [-0.1, -0.05) is 13.8 Å². The van der Waals surface area contributed by atoms with Crippen molar-refractivity contribution in [1.82, 2.24) is 10.2 Å². The number of nitrogens with one attached hydrogen (secondary N) is 1. The van der Waals surface area contributed by atoms with Crippen molar-refractivity contribution in [3.8, 4) is 0 Å². The summed E-state index contributed by atoms with van der Waals surface area (Å²) in [6.45, 7) is 10.0. The zero-order chi connectivity index (χ0) is 12.1. The lowest BCUT2D eigenvalue weighted by Gasteiger charge is -2.22. The van der Waals surface area contributed by atoms with Crippen molar-refractivity contribution in [2.75, 3.05) is 26.2 Å². The Labute approximate surface area is 107 Å². The van der Waals surface area contributed by atoms with Crippen LogP contribution in [0.1, 0.15) is 52.4 Å². The molecule has 17 heavy (non-hydrogen) atoms. The lowest BCUT2D eigenvalue weighted by molar-refractivity contribution is 0.259. The first-order valence-electron chi connectivity index (χ1n) is 7.71. The number of hydrogen-bond acceptors (Lipinski definition) is 2. The fraction of sp³-hybridized carbons (Fsp3) is 1.00. The zero-order valence-corrected chi connectivity index (χ0v) is 11.8. The Morgan fingerprint density at radius 3 is 2.71 bits per heavy atom. The molecule has 2 aliphatic heterocycles. The minimum absolute atomic E-state index is 0.819. The molecule has 0 spiro atoms. The van der Waals surface area contributed by atoms with Crippen LogP contribution in [0.3, 0.4) is 0 Å². The van der Waals surface area contributed by atoms with Gasteiger partial charge in [0.15, 0.2) is 0 Å². The van der Waals surface area contributed by atoms with Gasteiger partial charge < -0.3 is 10.2 Å². The maximum absolute atomic E-state index is 3.61. The molecule has 0 amide bonds. The molecule has 2 atom stereocenters. The Kier molecular flexibility index (Phi) is 5.30. The predicted octanol–water partition coefficient (Wildman–Crippen LogP) is 2.89. The van der Waals surface area contributed by atoms with E-state index in [0.29, 0.717) is 0 Å². The van der Waals surface area contributed by atoms with Crippen LogP contribution in [0, 0.1) is 11.8 Å². The van der Waals surface area contributed by atoms with Crippen LogP contribution in [-0.4, -0.2) is 37.1 Å². The summed E-state index contributed by atoms with van der Waals surface area (Å²) >= 11 is 0. The lowest BCUT2D eigenvalue weighted by atomic mass is 9.89. The maximum Gasteiger partial charge on any atom is 0.00797 e. The van der Waals surface area contributed by atoms with Crippen LogP contribution in [-0.2, 0) is 0 Å². The summed E-state index contributed by atoms with van der Waals surface area (Å²) < 4.78 is 0. The number of rotatable bonds is 4. The fourth-order valence-corrected chi connectivity index (χ4v) is 3.41. The van der Waals surface area contributed by atoms with Crippen LogP contribution in [0.15, 0.2) is 0 Å². The monoisotopic (exact) mass is 238 g/mol. The van der Waals surface area contributed by atoms with E-state index in [9.17, 15) is 0 Å². The third-order valence-corrected chi connectivity index (χ3v) is 4.76. The van der Waals surface area contributed by atoms with Crippen LogP contribution < -0.4 is 5.32 Å². The first kappa shape index (κ1) is 13.4. The van der Waals surface area contributed by atoms with E-state index in [-0.39, 0.29) is 0 Å². The minimum atomic E-state index is 0.819. The van der Waals surface area contributed by atoms with E-state index in [4.69, 9.17) is 0 Å². The molecule has 2 heterocycles. The molecule has 2 unspecified atom stereocenters. The van der Waals surface area contributed by atoms with Gasteiger partial charge in [-0.15, -0.1) is 0 Å². The van der Waals surface area contributed by atoms with E-state index in [1.165, 1.54) is 64.7 Å². The van der Waals surface area contributed by atoms with E-state index in [1.807, 2.05) is 0 Å². The minimum Gasteiger partial charge on any atom is -0.314 e.